The molecule has 0 saturated carbocycles. The minimum atomic E-state index is 0.253. The van der Waals surface area contributed by atoms with Crippen LogP contribution in [0.4, 0.5) is 0 Å². The molecular weight excluding hydrogens is 268 g/mol. The van der Waals surface area contributed by atoms with Gasteiger partial charge in [-0.15, -0.1) is 0 Å². The van der Waals surface area contributed by atoms with Gasteiger partial charge in [0.1, 0.15) is 5.75 Å². The lowest BCUT2D eigenvalue weighted by atomic mass is 10.2. The number of aryl methyl sites for hydroxylation is 2. The van der Waals surface area contributed by atoms with Crippen molar-refractivity contribution in [2.75, 3.05) is 6.54 Å². The Morgan fingerprint density at radius 2 is 2.05 bits per heavy atom. The van der Waals surface area contributed by atoms with Gasteiger partial charge >= 0.3 is 0 Å². The summed E-state index contributed by atoms with van der Waals surface area (Å²) in [7, 11) is 0. The monoisotopic (exact) mass is 290 g/mol. The maximum atomic E-state index is 5.75. The fourth-order valence-corrected chi connectivity index (χ4v) is 1.87. The highest BCUT2D eigenvalue weighted by molar-refractivity contribution is 5.29. The molecule has 0 aliphatic carbocycles. The van der Waals surface area contributed by atoms with E-state index in [9.17, 15) is 0 Å². The molecule has 2 aromatic rings. The number of nitrogens with one attached hydrogen (secondary N) is 1. The van der Waals surface area contributed by atoms with Gasteiger partial charge in [-0.1, -0.05) is 19.0 Å². The average Bonchev–Trinajstić information content (AvgIpc) is 2.83. The number of hydrogen-bond acceptors (Lipinski definition) is 6. The van der Waals surface area contributed by atoms with Crippen LogP contribution in [0.15, 0.2) is 16.7 Å². The highest BCUT2D eigenvalue weighted by Crippen LogP contribution is 2.18. The van der Waals surface area contributed by atoms with Crippen LogP contribution in [0.25, 0.3) is 0 Å². The third-order valence-electron chi connectivity index (χ3n) is 2.84. The summed E-state index contributed by atoms with van der Waals surface area (Å²) in [5.41, 5.74) is 1.87. The Labute approximate surface area is 124 Å². The molecular formula is C15H22N4O2. The largest absolute Gasteiger partial charge is 0.482 e. The molecule has 114 valence electrons. The minimum absolute atomic E-state index is 0.253. The van der Waals surface area contributed by atoms with Gasteiger partial charge in [-0.25, -0.2) is 0 Å². The zero-order valence-corrected chi connectivity index (χ0v) is 13.0. The van der Waals surface area contributed by atoms with Crippen molar-refractivity contribution < 1.29 is 9.26 Å². The van der Waals surface area contributed by atoms with Crippen LogP contribution >= 0.6 is 0 Å². The summed E-state index contributed by atoms with van der Waals surface area (Å²) in [4.78, 5) is 8.65. The van der Waals surface area contributed by atoms with E-state index in [0.717, 1.165) is 23.7 Å². The first-order valence-electron chi connectivity index (χ1n) is 7.14. The van der Waals surface area contributed by atoms with Gasteiger partial charge in [0.05, 0.1) is 5.69 Å². The quantitative estimate of drug-likeness (QED) is 0.844. The molecule has 2 heterocycles. The molecule has 0 aliphatic rings. The first kappa shape index (κ1) is 15.4. The Morgan fingerprint density at radius 3 is 2.71 bits per heavy atom. The molecule has 0 aliphatic heterocycles. The number of aromatic nitrogens is 3. The second kappa shape index (κ2) is 7.17. The van der Waals surface area contributed by atoms with Crippen LogP contribution in [0.2, 0.25) is 0 Å². The van der Waals surface area contributed by atoms with E-state index in [0.29, 0.717) is 24.2 Å². The maximum absolute atomic E-state index is 5.75. The van der Waals surface area contributed by atoms with Gasteiger partial charge in [-0.3, -0.25) is 4.98 Å². The normalized spacial score (nSPS) is 11.1. The minimum Gasteiger partial charge on any atom is -0.482 e. The summed E-state index contributed by atoms with van der Waals surface area (Å²) >= 11 is 0. The lowest BCUT2D eigenvalue weighted by Crippen LogP contribution is -2.20. The van der Waals surface area contributed by atoms with E-state index in [1.807, 2.05) is 19.1 Å². The molecule has 0 amide bonds. The zero-order valence-electron chi connectivity index (χ0n) is 13.0. The van der Waals surface area contributed by atoms with E-state index < -0.39 is 0 Å². The predicted octanol–water partition coefficient (Wildman–Crippen LogP) is 2.41. The fraction of sp³-hybridized carbons (Fsp3) is 0.533. The standard InChI is InChI=1S/C15H22N4O2/c1-10(2)7-16-8-13-14(6-5-11(3)17-13)20-9-15-18-12(4)19-21-15/h5-6,10,16H,7-9H2,1-4H3. The molecule has 6 nitrogen and oxygen atoms in total. The van der Waals surface area contributed by atoms with E-state index in [1.165, 1.54) is 0 Å². The molecule has 0 aromatic carbocycles. The molecule has 0 unspecified atom stereocenters. The molecule has 0 saturated heterocycles. The lowest BCUT2D eigenvalue weighted by molar-refractivity contribution is 0.239. The second-order valence-electron chi connectivity index (χ2n) is 5.45. The van der Waals surface area contributed by atoms with Crippen molar-refractivity contribution in [3.05, 3.63) is 35.2 Å². The maximum Gasteiger partial charge on any atom is 0.264 e. The molecule has 0 radical (unpaired) electrons. The molecule has 0 bridgehead atoms. The van der Waals surface area contributed by atoms with Crippen LogP contribution in [-0.4, -0.2) is 21.7 Å². The first-order chi connectivity index (χ1) is 10.0. The summed E-state index contributed by atoms with van der Waals surface area (Å²) in [6, 6.07) is 3.86. The zero-order chi connectivity index (χ0) is 15.2. The lowest BCUT2D eigenvalue weighted by Gasteiger charge is -2.12. The molecule has 6 heteroatoms. The van der Waals surface area contributed by atoms with Crippen LogP contribution in [0, 0.1) is 19.8 Å². The number of nitrogens with zero attached hydrogens (tertiary/aromatic N) is 3. The summed E-state index contributed by atoms with van der Waals surface area (Å²) in [6.45, 7) is 9.97. The molecule has 0 atom stereocenters. The van der Waals surface area contributed by atoms with Gasteiger partial charge in [0, 0.05) is 12.2 Å². The average molecular weight is 290 g/mol. The van der Waals surface area contributed by atoms with E-state index in [2.05, 4.69) is 34.3 Å². The highest BCUT2D eigenvalue weighted by Gasteiger charge is 2.09. The Kier molecular flexibility index (Phi) is 5.27. The van der Waals surface area contributed by atoms with Gasteiger partial charge in [0.2, 0.25) is 0 Å². The molecule has 1 N–H and O–H groups in total. The third-order valence-corrected chi connectivity index (χ3v) is 2.84. The van der Waals surface area contributed by atoms with Crippen molar-refractivity contribution in [1.29, 1.82) is 0 Å². The van der Waals surface area contributed by atoms with Crippen LogP contribution in [0.3, 0.4) is 0 Å². The van der Waals surface area contributed by atoms with Crippen molar-refractivity contribution in [3.63, 3.8) is 0 Å². The first-order valence-corrected chi connectivity index (χ1v) is 7.14. The molecule has 21 heavy (non-hydrogen) atoms. The van der Waals surface area contributed by atoms with Crippen molar-refractivity contribution >= 4 is 0 Å². The molecule has 0 fully saturated rings. The van der Waals surface area contributed by atoms with Crippen molar-refractivity contribution in [2.24, 2.45) is 5.92 Å². The van der Waals surface area contributed by atoms with Gasteiger partial charge < -0.3 is 14.6 Å². The summed E-state index contributed by atoms with van der Waals surface area (Å²) in [5, 5.41) is 7.12. The molecule has 2 rings (SSSR count). The van der Waals surface area contributed by atoms with Gasteiger partial charge in [0.15, 0.2) is 12.4 Å². The predicted molar refractivity (Wildman–Crippen MR) is 78.9 cm³/mol. The Hall–Kier alpha value is -1.95. The number of rotatable bonds is 7. The number of pyridine rings is 1. The smallest absolute Gasteiger partial charge is 0.264 e. The Morgan fingerprint density at radius 1 is 1.24 bits per heavy atom. The van der Waals surface area contributed by atoms with E-state index >= 15 is 0 Å². The SMILES string of the molecule is Cc1ccc(OCc2nc(C)no2)c(CNCC(C)C)n1. The summed E-state index contributed by atoms with van der Waals surface area (Å²) in [5.74, 6) is 2.41. The van der Waals surface area contributed by atoms with Crippen LogP contribution in [0.1, 0.15) is 37.0 Å². The molecule has 2 aromatic heterocycles. The van der Waals surface area contributed by atoms with E-state index in [4.69, 9.17) is 9.26 Å². The van der Waals surface area contributed by atoms with Crippen LogP contribution in [-0.2, 0) is 13.2 Å². The summed E-state index contributed by atoms with van der Waals surface area (Å²) < 4.78 is 10.8. The number of ether oxygens (including phenoxy) is 1. The van der Waals surface area contributed by atoms with Crippen molar-refractivity contribution in [2.45, 2.75) is 40.8 Å². The Bertz CT molecular complexity index is 581. The second-order valence-corrected chi connectivity index (χ2v) is 5.45. The van der Waals surface area contributed by atoms with Crippen LogP contribution < -0.4 is 10.1 Å². The third kappa shape index (κ3) is 4.82. The topological polar surface area (TPSA) is 73.1 Å². The van der Waals surface area contributed by atoms with E-state index in [-0.39, 0.29) is 6.61 Å². The van der Waals surface area contributed by atoms with E-state index in [1.54, 1.807) is 6.92 Å². The highest BCUT2D eigenvalue weighted by atomic mass is 16.5. The molecule has 0 spiro atoms. The van der Waals surface area contributed by atoms with Crippen molar-refractivity contribution in [1.82, 2.24) is 20.4 Å². The van der Waals surface area contributed by atoms with Gasteiger partial charge in [-0.05, 0) is 38.4 Å². The Balaban J connectivity index is 2.00. The number of hydrogen-bond donors (Lipinski definition) is 1. The van der Waals surface area contributed by atoms with Crippen LogP contribution in [0.5, 0.6) is 5.75 Å². The fourth-order valence-electron chi connectivity index (χ4n) is 1.87. The van der Waals surface area contributed by atoms with Gasteiger partial charge in [-0.2, -0.15) is 4.98 Å². The van der Waals surface area contributed by atoms with Gasteiger partial charge in [0.25, 0.3) is 5.89 Å². The summed E-state index contributed by atoms with van der Waals surface area (Å²) in [6.07, 6.45) is 0. The van der Waals surface area contributed by atoms with Crippen molar-refractivity contribution in [3.8, 4) is 5.75 Å².